The van der Waals surface area contributed by atoms with Crippen LogP contribution in [0, 0.1) is 23.6 Å². The van der Waals surface area contributed by atoms with Gasteiger partial charge in [-0.15, -0.1) is 0 Å². The number of hydrogen-bond donors (Lipinski definition) is 0. The molecule has 152 valence electrons. The highest BCUT2D eigenvalue weighted by molar-refractivity contribution is 5.28. The largest absolute Gasteiger partial charge is 0.266 e. The van der Waals surface area contributed by atoms with Gasteiger partial charge in [0, 0.05) is 0 Å². The fourth-order valence-corrected chi connectivity index (χ4v) is 5.56. The summed E-state index contributed by atoms with van der Waals surface area (Å²) in [6, 6.07) is 4.40. The Morgan fingerprint density at radius 3 is 2.41 bits per heavy atom. The lowest BCUT2D eigenvalue weighted by Crippen LogP contribution is -2.26. The molecular weight excluding hydrogens is 345 g/mol. The predicted octanol–water partition coefficient (Wildman–Crippen LogP) is 8.42. The molecular formula is C24H35F3. The molecule has 3 rings (SSSR count). The Morgan fingerprint density at radius 2 is 1.74 bits per heavy atom. The van der Waals surface area contributed by atoms with Crippen LogP contribution in [0.1, 0.15) is 107 Å². The molecule has 2 fully saturated rings. The molecule has 3 heteroatoms. The molecule has 2 aliphatic carbocycles. The van der Waals surface area contributed by atoms with Gasteiger partial charge in [0.2, 0.25) is 0 Å². The Hall–Kier alpha value is -0.990. The maximum absolute atomic E-state index is 14.0. The van der Waals surface area contributed by atoms with E-state index >= 15 is 0 Å². The van der Waals surface area contributed by atoms with Crippen LogP contribution in [0.25, 0.3) is 0 Å². The van der Waals surface area contributed by atoms with Crippen molar-refractivity contribution < 1.29 is 13.2 Å². The Balaban J connectivity index is 1.53. The second kappa shape index (κ2) is 9.98. The maximum atomic E-state index is 14.0. The van der Waals surface area contributed by atoms with Crippen molar-refractivity contribution in [1.82, 2.24) is 0 Å². The number of hydrogen-bond acceptors (Lipinski definition) is 0. The van der Waals surface area contributed by atoms with E-state index in [9.17, 15) is 13.2 Å². The summed E-state index contributed by atoms with van der Waals surface area (Å²) in [7, 11) is 0. The summed E-state index contributed by atoms with van der Waals surface area (Å²) in [4.78, 5) is 0. The van der Waals surface area contributed by atoms with Crippen LogP contribution in [0.2, 0.25) is 0 Å². The third-order valence-corrected chi connectivity index (χ3v) is 7.22. The van der Waals surface area contributed by atoms with Crippen molar-refractivity contribution >= 4 is 0 Å². The van der Waals surface area contributed by atoms with Crippen molar-refractivity contribution in [2.24, 2.45) is 17.8 Å². The van der Waals surface area contributed by atoms with Crippen LogP contribution in [0.3, 0.4) is 0 Å². The molecule has 2 atom stereocenters. The van der Waals surface area contributed by atoms with Gasteiger partial charge in [0.25, 0.3) is 6.43 Å². The monoisotopic (exact) mass is 380 g/mol. The highest BCUT2D eigenvalue weighted by Gasteiger charge is 2.32. The second-order valence-electron chi connectivity index (χ2n) is 8.98. The van der Waals surface area contributed by atoms with Gasteiger partial charge in [0.15, 0.2) is 0 Å². The third kappa shape index (κ3) is 5.51. The first-order chi connectivity index (χ1) is 13.1. The van der Waals surface area contributed by atoms with E-state index in [0.717, 1.165) is 36.2 Å². The fourth-order valence-electron chi connectivity index (χ4n) is 5.56. The summed E-state index contributed by atoms with van der Waals surface area (Å²) >= 11 is 0. The molecule has 0 nitrogen and oxygen atoms in total. The molecule has 0 radical (unpaired) electrons. The highest BCUT2D eigenvalue weighted by atomic mass is 19.3. The molecule has 1 unspecified atom stereocenters. The van der Waals surface area contributed by atoms with Gasteiger partial charge in [0.1, 0.15) is 5.82 Å². The molecule has 0 heterocycles. The minimum atomic E-state index is -2.73. The van der Waals surface area contributed by atoms with Crippen molar-refractivity contribution in [3.63, 3.8) is 0 Å². The summed E-state index contributed by atoms with van der Waals surface area (Å²) in [5.41, 5.74) is 0.461. The molecule has 27 heavy (non-hydrogen) atoms. The van der Waals surface area contributed by atoms with E-state index in [1.54, 1.807) is 6.07 Å². The third-order valence-electron chi connectivity index (χ3n) is 7.22. The smallest absolute Gasteiger partial charge is 0.206 e. The van der Waals surface area contributed by atoms with E-state index in [1.165, 1.54) is 76.3 Å². The Labute approximate surface area is 162 Å². The Kier molecular flexibility index (Phi) is 7.66. The number of rotatable bonds is 7. The van der Waals surface area contributed by atoms with Gasteiger partial charge >= 0.3 is 0 Å². The summed E-state index contributed by atoms with van der Waals surface area (Å²) in [5, 5.41) is 0. The molecule has 0 spiro atoms. The van der Waals surface area contributed by atoms with Gasteiger partial charge in [-0.05, 0) is 61.0 Å². The normalized spacial score (nSPS) is 29.2. The number of unbranched alkanes of at least 4 members (excludes halogenated alkanes) is 2. The first-order valence-corrected chi connectivity index (χ1v) is 11.2. The van der Waals surface area contributed by atoms with E-state index in [0.29, 0.717) is 5.92 Å². The van der Waals surface area contributed by atoms with E-state index in [1.807, 2.05) is 0 Å². The first-order valence-electron chi connectivity index (χ1n) is 11.2. The molecule has 0 aromatic heterocycles. The fraction of sp³-hybridized carbons (Fsp3) is 0.750. The minimum absolute atomic E-state index is 0.340. The lowest BCUT2D eigenvalue weighted by atomic mass is 9.67. The Morgan fingerprint density at radius 1 is 0.963 bits per heavy atom. The predicted molar refractivity (Wildman–Crippen MR) is 106 cm³/mol. The maximum Gasteiger partial charge on any atom is 0.266 e. The molecule has 0 amide bonds. The van der Waals surface area contributed by atoms with Crippen LogP contribution in [-0.2, 0) is 0 Å². The highest BCUT2D eigenvalue weighted by Crippen LogP contribution is 2.45. The van der Waals surface area contributed by atoms with Crippen LogP contribution < -0.4 is 0 Å². The van der Waals surface area contributed by atoms with Crippen molar-refractivity contribution in [2.75, 3.05) is 0 Å². The summed E-state index contributed by atoms with van der Waals surface area (Å²) < 4.78 is 39.6. The van der Waals surface area contributed by atoms with E-state index in [4.69, 9.17) is 0 Å². The average Bonchev–Trinajstić information content (AvgIpc) is 2.68. The van der Waals surface area contributed by atoms with E-state index in [-0.39, 0.29) is 0 Å². The molecule has 1 aromatic rings. The minimum Gasteiger partial charge on any atom is -0.206 e. The second-order valence-corrected chi connectivity index (χ2v) is 8.98. The lowest BCUT2D eigenvalue weighted by Gasteiger charge is -2.38. The zero-order valence-electron chi connectivity index (χ0n) is 16.7. The van der Waals surface area contributed by atoms with Crippen molar-refractivity contribution in [3.05, 3.63) is 35.1 Å². The van der Waals surface area contributed by atoms with Gasteiger partial charge in [0.05, 0.1) is 5.56 Å². The summed E-state index contributed by atoms with van der Waals surface area (Å²) in [6.07, 6.45) is 12.9. The van der Waals surface area contributed by atoms with Crippen LogP contribution >= 0.6 is 0 Å². The molecule has 2 aliphatic rings. The van der Waals surface area contributed by atoms with Gasteiger partial charge in [-0.25, -0.2) is 13.2 Å². The van der Waals surface area contributed by atoms with Crippen molar-refractivity contribution in [2.45, 2.75) is 96.3 Å². The summed E-state index contributed by atoms with van der Waals surface area (Å²) in [5.74, 6) is 2.09. The SMILES string of the molecule is CCCCCC1CCC([C@@H]2CCCC(c3ccc(C(F)F)c(F)c3)C2)CC1. The van der Waals surface area contributed by atoms with Crippen LogP contribution in [-0.4, -0.2) is 0 Å². The molecule has 0 N–H and O–H groups in total. The average molecular weight is 381 g/mol. The number of benzene rings is 1. The van der Waals surface area contributed by atoms with Gasteiger partial charge in [-0.3, -0.25) is 0 Å². The van der Waals surface area contributed by atoms with Crippen molar-refractivity contribution in [1.29, 1.82) is 0 Å². The molecule has 0 aliphatic heterocycles. The van der Waals surface area contributed by atoms with Gasteiger partial charge in [-0.2, -0.15) is 0 Å². The Bertz CT molecular complexity index is 575. The van der Waals surface area contributed by atoms with Crippen LogP contribution in [0.4, 0.5) is 13.2 Å². The molecule has 0 bridgehead atoms. The molecule has 1 aromatic carbocycles. The topological polar surface area (TPSA) is 0 Å². The van der Waals surface area contributed by atoms with Crippen molar-refractivity contribution in [3.8, 4) is 0 Å². The van der Waals surface area contributed by atoms with Crippen LogP contribution in [0.5, 0.6) is 0 Å². The zero-order chi connectivity index (χ0) is 19.2. The van der Waals surface area contributed by atoms with Gasteiger partial charge in [-0.1, -0.05) is 70.4 Å². The number of halogens is 3. The number of alkyl halides is 2. The molecule has 0 saturated heterocycles. The molecule has 2 saturated carbocycles. The van der Waals surface area contributed by atoms with Crippen LogP contribution in [0.15, 0.2) is 18.2 Å². The quantitative estimate of drug-likeness (QED) is 0.416. The standard InChI is InChI=1S/C24H35F3/c1-2-3-4-6-17-9-11-18(12-10-17)19-7-5-8-20(15-19)21-13-14-22(24(26)27)23(25)16-21/h13-14,16-20,24H,2-12,15H2,1H3/t17?,18?,19-,20?/m1/s1. The lowest BCUT2D eigenvalue weighted by molar-refractivity contribution is 0.145. The first kappa shape index (κ1) is 20.7. The zero-order valence-corrected chi connectivity index (χ0v) is 16.7. The summed E-state index contributed by atoms with van der Waals surface area (Å²) in [6.45, 7) is 2.27. The van der Waals surface area contributed by atoms with E-state index in [2.05, 4.69) is 6.92 Å². The van der Waals surface area contributed by atoms with Gasteiger partial charge < -0.3 is 0 Å². The van der Waals surface area contributed by atoms with E-state index < -0.39 is 17.8 Å².